The van der Waals surface area contributed by atoms with Gasteiger partial charge in [-0.05, 0) is 85.3 Å². The summed E-state index contributed by atoms with van der Waals surface area (Å²) >= 11 is 0. The van der Waals surface area contributed by atoms with Crippen molar-refractivity contribution >= 4 is 27.3 Å². The lowest BCUT2D eigenvalue weighted by atomic mass is 10.00. The van der Waals surface area contributed by atoms with E-state index in [9.17, 15) is 13.2 Å². The maximum Gasteiger partial charge on any atom is 0.261 e. The molecular weight excluding hydrogens is 434 g/mol. The lowest BCUT2D eigenvalue weighted by Crippen LogP contribution is -2.35. The Morgan fingerprint density at radius 3 is 2.61 bits per heavy atom. The summed E-state index contributed by atoms with van der Waals surface area (Å²) in [6.45, 7) is 2.50. The number of fused-ring (bicyclic) bond motifs is 1. The molecule has 3 aromatic carbocycles. The summed E-state index contributed by atoms with van der Waals surface area (Å²) in [6.07, 6.45) is 2.58. The summed E-state index contributed by atoms with van der Waals surface area (Å²) < 4.78 is 28.2. The number of hydrogen-bond acceptors (Lipinski definition) is 4. The Kier molecular flexibility index (Phi) is 6.47. The van der Waals surface area contributed by atoms with E-state index < -0.39 is 10.0 Å². The molecule has 0 unspecified atom stereocenters. The first kappa shape index (κ1) is 22.6. The fraction of sp³-hybridized carbons (Fsp3) is 0.231. The molecule has 0 bridgehead atoms. The van der Waals surface area contributed by atoms with Gasteiger partial charge in [0.25, 0.3) is 10.0 Å². The van der Waals surface area contributed by atoms with E-state index in [1.807, 2.05) is 37.3 Å². The first-order valence-corrected chi connectivity index (χ1v) is 12.4. The quantitative estimate of drug-likeness (QED) is 0.584. The molecule has 1 amide bonds. The predicted octanol–water partition coefficient (Wildman–Crippen LogP) is 4.58. The number of nitrogens with zero attached hydrogens (tertiary/aromatic N) is 2. The normalized spacial score (nSPS) is 13.2. The van der Waals surface area contributed by atoms with E-state index in [2.05, 4.69) is 10.8 Å². The molecule has 3 aromatic rings. The van der Waals surface area contributed by atoms with Crippen LogP contribution >= 0.6 is 0 Å². The molecule has 0 saturated heterocycles. The van der Waals surface area contributed by atoms with Crippen LogP contribution in [0.4, 0.5) is 11.4 Å². The summed E-state index contributed by atoms with van der Waals surface area (Å²) in [6, 6.07) is 21.5. The van der Waals surface area contributed by atoms with E-state index in [1.165, 1.54) is 0 Å². The second-order valence-electron chi connectivity index (χ2n) is 8.22. The zero-order chi connectivity index (χ0) is 23.4. The molecule has 1 heterocycles. The summed E-state index contributed by atoms with van der Waals surface area (Å²) in [4.78, 5) is 15.0. The minimum atomic E-state index is -3.69. The average molecular weight is 460 g/mol. The van der Waals surface area contributed by atoms with Crippen LogP contribution in [-0.2, 0) is 27.7 Å². The molecule has 0 spiro atoms. The van der Waals surface area contributed by atoms with Crippen LogP contribution in [0.1, 0.15) is 35.1 Å². The smallest absolute Gasteiger partial charge is 0.261 e. The summed E-state index contributed by atoms with van der Waals surface area (Å²) in [5, 5.41) is 8.91. The Hall–Kier alpha value is -3.63. The SMILES string of the molecule is Cc1cccc(S(=O)(=O)Nc2ccc3c(c2)CCCN3C(=O)CCc2ccc(C#N)cc2)c1. The van der Waals surface area contributed by atoms with E-state index in [0.29, 0.717) is 30.6 Å². The highest BCUT2D eigenvalue weighted by molar-refractivity contribution is 7.92. The fourth-order valence-corrected chi connectivity index (χ4v) is 5.20. The molecule has 0 radical (unpaired) electrons. The Balaban J connectivity index is 1.47. The zero-order valence-electron chi connectivity index (χ0n) is 18.4. The van der Waals surface area contributed by atoms with Crippen molar-refractivity contribution in [2.75, 3.05) is 16.2 Å². The van der Waals surface area contributed by atoms with Crippen molar-refractivity contribution in [1.82, 2.24) is 0 Å². The maximum absolute atomic E-state index is 12.9. The Labute approximate surface area is 194 Å². The fourth-order valence-electron chi connectivity index (χ4n) is 4.05. The highest BCUT2D eigenvalue weighted by Gasteiger charge is 2.23. The minimum Gasteiger partial charge on any atom is -0.312 e. The number of amides is 1. The molecule has 1 aliphatic rings. The molecule has 1 aliphatic heterocycles. The van der Waals surface area contributed by atoms with E-state index in [-0.39, 0.29) is 10.8 Å². The van der Waals surface area contributed by atoms with Gasteiger partial charge in [-0.3, -0.25) is 9.52 Å². The van der Waals surface area contributed by atoms with Crippen LogP contribution < -0.4 is 9.62 Å². The third-order valence-corrected chi connectivity index (χ3v) is 7.14. The van der Waals surface area contributed by atoms with Gasteiger partial charge in [-0.1, -0.05) is 24.3 Å². The standard InChI is InChI=1S/C26H25N3O3S/c1-19-4-2-6-24(16-19)33(31,32)28-23-12-13-25-22(17-23)5-3-15-29(25)26(30)14-11-20-7-9-21(18-27)10-8-20/h2,4,6-10,12-13,16-17,28H,3,5,11,14-15H2,1H3. The second-order valence-corrected chi connectivity index (χ2v) is 9.91. The monoisotopic (exact) mass is 459 g/mol. The van der Waals surface area contributed by atoms with Gasteiger partial charge in [0.1, 0.15) is 0 Å². The lowest BCUT2D eigenvalue weighted by Gasteiger charge is -2.30. The number of anilines is 2. The number of hydrogen-bond donors (Lipinski definition) is 1. The molecule has 7 heteroatoms. The number of carbonyl (C=O) groups is 1. The Morgan fingerprint density at radius 1 is 1.09 bits per heavy atom. The molecule has 168 valence electrons. The lowest BCUT2D eigenvalue weighted by molar-refractivity contribution is -0.118. The Morgan fingerprint density at radius 2 is 1.88 bits per heavy atom. The molecule has 0 aromatic heterocycles. The van der Waals surface area contributed by atoms with Crippen molar-refractivity contribution in [2.45, 2.75) is 37.5 Å². The number of nitrogens with one attached hydrogen (secondary N) is 1. The molecule has 1 N–H and O–H groups in total. The first-order valence-electron chi connectivity index (χ1n) is 10.9. The van der Waals surface area contributed by atoms with Crippen molar-refractivity contribution in [1.29, 1.82) is 5.26 Å². The molecule has 0 atom stereocenters. The van der Waals surface area contributed by atoms with Crippen molar-refractivity contribution in [3.8, 4) is 6.07 Å². The maximum atomic E-state index is 12.9. The van der Waals surface area contributed by atoms with Gasteiger partial charge in [0, 0.05) is 24.3 Å². The first-order chi connectivity index (χ1) is 15.9. The number of benzene rings is 3. The highest BCUT2D eigenvalue weighted by Crippen LogP contribution is 2.31. The van der Waals surface area contributed by atoms with Gasteiger partial charge in [-0.2, -0.15) is 5.26 Å². The van der Waals surface area contributed by atoms with Crippen LogP contribution in [0, 0.1) is 18.3 Å². The number of nitriles is 1. The van der Waals surface area contributed by atoms with E-state index in [4.69, 9.17) is 5.26 Å². The number of sulfonamides is 1. The molecule has 0 aliphatic carbocycles. The number of rotatable bonds is 6. The van der Waals surface area contributed by atoms with Gasteiger partial charge in [0.15, 0.2) is 0 Å². The van der Waals surface area contributed by atoms with E-state index in [1.54, 1.807) is 41.3 Å². The predicted molar refractivity (Wildman–Crippen MR) is 129 cm³/mol. The second kappa shape index (κ2) is 9.47. The average Bonchev–Trinajstić information content (AvgIpc) is 2.82. The van der Waals surface area contributed by atoms with Gasteiger partial charge < -0.3 is 4.90 Å². The molecule has 33 heavy (non-hydrogen) atoms. The number of aryl methyl sites for hydroxylation is 3. The van der Waals surface area contributed by atoms with E-state index >= 15 is 0 Å². The third kappa shape index (κ3) is 5.24. The van der Waals surface area contributed by atoms with Crippen LogP contribution in [0.15, 0.2) is 71.6 Å². The van der Waals surface area contributed by atoms with Crippen LogP contribution in [-0.4, -0.2) is 20.9 Å². The van der Waals surface area contributed by atoms with Crippen molar-refractivity contribution in [2.24, 2.45) is 0 Å². The highest BCUT2D eigenvalue weighted by atomic mass is 32.2. The van der Waals surface area contributed by atoms with Crippen LogP contribution in [0.5, 0.6) is 0 Å². The van der Waals surface area contributed by atoms with Crippen LogP contribution in [0.2, 0.25) is 0 Å². The van der Waals surface area contributed by atoms with Crippen molar-refractivity contribution < 1.29 is 13.2 Å². The largest absolute Gasteiger partial charge is 0.312 e. The van der Waals surface area contributed by atoms with Crippen molar-refractivity contribution in [3.05, 3.63) is 89.0 Å². The molecule has 0 saturated carbocycles. The summed E-state index contributed by atoms with van der Waals surface area (Å²) in [5.74, 6) is 0.0356. The molecule has 4 rings (SSSR count). The topological polar surface area (TPSA) is 90.3 Å². The van der Waals surface area contributed by atoms with Gasteiger partial charge in [0.05, 0.1) is 16.5 Å². The van der Waals surface area contributed by atoms with Gasteiger partial charge in [-0.25, -0.2) is 8.42 Å². The van der Waals surface area contributed by atoms with Gasteiger partial charge in [-0.15, -0.1) is 0 Å². The van der Waals surface area contributed by atoms with Gasteiger partial charge in [0.2, 0.25) is 5.91 Å². The van der Waals surface area contributed by atoms with Crippen LogP contribution in [0.3, 0.4) is 0 Å². The van der Waals surface area contributed by atoms with Crippen molar-refractivity contribution in [3.63, 3.8) is 0 Å². The Bertz CT molecular complexity index is 1330. The summed E-state index contributed by atoms with van der Waals surface area (Å²) in [7, 11) is -3.69. The molecular formula is C26H25N3O3S. The number of carbonyl (C=O) groups excluding carboxylic acids is 1. The van der Waals surface area contributed by atoms with Crippen LogP contribution in [0.25, 0.3) is 0 Å². The molecule has 0 fully saturated rings. The third-order valence-electron chi connectivity index (χ3n) is 5.76. The zero-order valence-corrected chi connectivity index (χ0v) is 19.2. The minimum absolute atomic E-state index is 0.0356. The molecule has 6 nitrogen and oxygen atoms in total. The summed E-state index contributed by atoms with van der Waals surface area (Å²) in [5.41, 5.74) is 4.77. The van der Waals surface area contributed by atoms with E-state index in [0.717, 1.165) is 35.2 Å². The van der Waals surface area contributed by atoms with Gasteiger partial charge >= 0.3 is 0 Å².